The van der Waals surface area contributed by atoms with Crippen LogP contribution in [0.2, 0.25) is 0 Å². The van der Waals surface area contributed by atoms with Gasteiger partial charge in [0.2, 0.25) is 5.91 Å². The molecule has 1 amide bonds. The standard InChI is InChI=1S/C23H27N5O/c1-26-21-14-18(5-6-19(21)20-7-10-24-15-22(20)26)28-13-12-27(16-23(28)29)11-8-17-4-2-3-9-25-17/h2-6,9,14,24H,7-8,10-13,15-16H2,1H3. The molecule has 29 heavy (non-hydrogen) atoms. The number of piperazine rings is 1. The molecule has 6 nitrogen and oxygen atoms in total. The maximum atomic E-state index is 12.9. The molecule has 2 aliphatic rings. The highest BCUT2D eigenvalue weighted by molar-refractivity contribution is 5.98. The van der Waals surface area contributed by atoms with E-state index in [4.69, 9.17) is 0 Å². The predicted molar refractivity (Wildman–Crippen MR) is 115 cm³/mol. The van der Waals surface area contributed by atoms with Crippen LogP contribution >= 0.6 is 0 Å². The van der Waals surface area contributed by atoms with Crippen molar-refractivity contribution in [2.24, 2.45) is 7.05 Å². The molecular weight excluding hydrogens is 362 g/mol. The summed E-state index contributed by atoms with van der Waals surface area (Å²) in [6.45, 7) is 4.92. The molecule has 0 bridgehead atoms. The van der Waals surface area contributed by atoms with Crippen LogP contribution in [0, 0.1) is 0 Å². The third kappa shape index (κ3) is 3.43. The van der Waals surface area contributed by atoms with Crippen molar-refractivity contribution >= 4 is 22.5 Å². The SMILES string of the molecule is Cn1c2c(c3ccc(N4CCN(CCc5ccccn5)CC4=O)cc31)CCNC2. The minimum atomic E-state index is 0.178. The Morgan fingerprint density at radius 1 is 1.17 bits per heavy atom. The van der Waals surface area contributed by atoms with Crippen molar-refractivity contribution in [3.8, 4) is 0 Å². The molecule has 5 rings (SSSR count). The van der Waals surface area contributed by atoms with Gasteiger partial charge >= 0.3 is 0 Å². The molecule has 0 atom stereocenters. The number of carbonyl (C=O) groups is 1. The fourth-order valence-electron chi connectivity index (χ4n) is 4.65. The molecule has 1 N–H and O–H groups in total. The fourth-order valence-corrected chi connectivity index (χ4v) is 4.65. The first-order chi connectivity index (χ1) is 14.2. The Hall–Kier alpha value is -2.70. The molecule has 1 fully saturated rings. The molecule has 2 aromatic heterocycles. The second-order valence-electron chi connectivity index (χ2n) is 8.01. The second kappa shape index (κ2) is 7.61. The van der Waals surface area contributed by atoms with Crippen molar-refractivity contribution in [2.45, 2.75) is 19.4 Å². The van der Waals surface area contributed by atoms with E-state index in [2.05, 4.69) is 45.0 Å². The number of carbonyl (C=O) groups excluding carboxylic acids is 1. The average Bonchev–Trinajstić information content (AvgIpc) is 3.05. The van der Waals surface area contributed by atoms with Crippen LogP contribution in [0.3, 0.4) is 0 Å². The lowest BCUT2D eigenvalue weighted by atomic mass is 10.0. The third-order valence-corrected chi connectivity index (χ3v) is 6.29. The summed E-state index contributed by atoms with van der Waals surface area (Å²) >= 11 is 0. The van der Waals surface area contributed by atoms with E-state index in [-0.39, 0.29) is 5.91 Å². The Kier molecular flexibility index (Phi) is 4.81. The Morgan fingerprint density at radius 2 is 2.10 bits per heavy atom. The molecule has 2 aliphatic heterocycles. The van der Waals surface area contributed by atoms with Crippen molar-refractivity contribution in [1.82, 2.24) is 19.8 Å². The Labute approximate surface area is 171 Å². The van der Waals surface area contributed by atoms with Gasteiger partial charge in [0.1, 0.15) is 0 Å². The van der Waals surface area contributed by atoms with E-state index in [9.17, 15) is 4.79 Å². The van der Waals surface area contributed by atoms with Crippen LogP contribution in [0.5, 0.6) is 0 Å². The fraction of sp³-hybridized carbons (Fsp3) is 0.391. The summed E-state index contributed by atoms with van der Waals surface area (Å²) in [5.74, 6) is 0.178. The minimum absolute atomic E-state index is 0.178. The van der Waals surface area contributed by atoms with Crippen molar-refractivity contribution in [3.63, 3.8) is 0 Å². The highest BCUT2D eigenvalue weighted by atomic mass is 16.2. The summed E-state index contributed by atoms with van der Waals surface area (Å²) in [5.41, 5.74) is 6.14. The number of anilines is 1. The Bertz CT molecular complexity index is 1040. The lowest BCUT2D eigenvalue weighted by molar-refractivity contribution is -0.121. The highest BCUT2D eigenvalue weighted by Crippen LogP contribution is 2.31. The predicted octanol–water partition coefficient (Wildman–Crippen LogP) is 2.11. The third-order valence-electron chi connectivity index (χ3n) is 6.29. The average molecular weight is 390 g/mol. The van der Waals surface area contributed by atoms with E-state index in [1.807, 2.05) is 29.3 Å². The number of pyridine rings is 1. The van der Waals surface area contributed by atoms with E-state index in [1.54, 1.807) is 0 Å². The summed E-state index contributed by atoms with van der Waals surface area (Å²) in [6, 6.07) is 12.5. The van der Waals surface area contributed by atoms with E-state index >= 15 is 0 Å². The first kappa shape index (κ1) is 18.3. The van der Waals surface area contributed by atoms with Gasteiger partial charge in [0.05, 0.1) is 12.1 Å². The minimum Gasteiger partial charge on any atom is -0.346 e. The smallest absolute Gasteiger partial charge is 0.241 e. The topological polar surface area (TPSA) is 53.4 Å². The lowest BCUT2D eigenvalue weighted by Gasteiger charge is -2.34. The molecule has 0 saturated carbocycles. The Morgan fingerprint density at radius 3 is 2.93 bits per heavy atom. The van der Waals surface area contributed by atoms with Gasteiger partial charge in [-0.1, -0.05) is 12.1 Å². The van der Waals surface area contributed by atoms with Crippen LogP contribution in [0.15, 0.2) is 42.6 Å². The summed E-state index contributed by atoms with van der Waals surface area (Å²) < 4.78 is 2.29. The maximum Gasteiger partial charge on any atom is 0.241 e. The zero-order valence-electron chi connectivity index (χ0n) is 16.9. The van der Waals surface area contributed by atoms with Gasteiger partial charge in [0.25, 0.3) is 0 Å². The number of aryl methyl sites for hydroxylation is 1. The van der Waals surface area contributed by atoms with Crippen LogP contribution in [-0.4, -0.2) is 53.1 Å². The van der Waals surface area contributed by atoms with Crippen molar-refractivity contribution in [3.05, 3.63) is 59.5 Å². The Balaban J connectivity index is 1.31. The van der Waals surface area contributed by atoms with Crippen molar-refractivity contribution in [1.29, 1.82) is 0 Å². The number of hydrogen-bond acceptors (Lipinski definition) is 4. The molecule has 0 radical (unpaired) electrons. The second-order valence-corrected chi connectivity index (χ2v) is 8.01. The number of benzene rings is 1. The van der Waals surface area contributed by atoms with Gasteiger partial charge in [-0.2, -0.15) is 0 Å². The molecule has 6 heteroatoms. The zero-order valence-corrected chi connectivity index (χ0v) is 16.9. The molecular formula is C23H27N5O. The molecule has 0 aliphatic carbocycles. The summed E-state index contributed by atoms with van der Waals surface area (Å²) in [4.78, 5) is 21.4. The molecule has 0 spiro atoms. The number of hydrogen-bond donors (Lipinski definition) is 1. The molecule has 1 aromatic carbocycles. The van der Waals surface area contributed by atoms with E-state index in [0.717, 1.165) is 56.9 Å². The van der Waals surface area contributed by atoms with Crippen LogP contribution in [-0.2, 0) is 31.2 Å². The monoisotopic (exact) mass is 389 g/mol. The largest absolute Gasteiger partial charge is 0.346 e. The summed E-state index contributed by atoms with van der Waals surface area (Å²) in [5, 5.41) is 4.79. The first-order valence-electron chi connectivity index (χ1n) is 10.4. The van der Waals surface area contributed by atoms with Gasteiger partial charge in [-0.15, -0.1) is 0 Å². The van der Waals surface area contributed by atoms with E-state index in [1.165, 1.54) is 22.2 Å². The van der Waals surface area contributed by atoms with Crippen LogP contribution in [0.1, 0.15) is 17.0 Å². The van der Waals surface area contributed by atoms with E-state index in [0.29, 0.717) is 6.54 Å². The lowest BCUT2D eigenvalue weighted by Crippen LogP contribution is -2.50. The normalized spacial score (nSPS) is 17.7. The van der Waals surface area contributed by atoms with Crippen molar-refractivity contribution < 1.29 is 4.79 Å². The first-order valence-corrected chi connectivity index (χ1v) is 10.4. The highest BCUT2D eigenvalue weighted by Gasteiger charge is 2.26. The molecule has 1 saturated heterocycles. The number of nitrogens with one attached hydrogen (secondary N) is 1. The molecule has 4 heterocycles. The maximum absolute atomic E-state index is 12.9. The van der Waals surface area contributed by atoms with Gasteiger partial charge in [-0.05, 0) is 42.8 Å². The van der Waals surface area contributed by atoms with E-state index < -0.39 is 0 Å². The zero-order chi connectivity index (χ0) is 19.8. The number of nitrogens with zero attached hydrogens (tertiary/aromatic N) is 4. The van der Waals surface area contributed by atoms with Gasteiger partial charge in [0, 0.05) is 68.3 Å². The molecule has 0 unspecified atom stereocenters. The van der Waals surface area contributed by atoms with Crippen LogP contribution in [0.25, 0.3) is 10.9 Å². The summed E-state index contributed by atoms with van der Waals surface area (Å²) in [7, 11) is 2.13. The van der Waals surface area contributed by atoms with Gasteiger partial charge in [-0.25, -0.2) is 0 Å². The summed E-state index contributed by atoms with van der Waals surface area (Å²) in [6.07, 6.45) is 3.77. The van der Waals surface area contributed by atoms with Gasteiger partial charge in [-0.3, -0.25) is 14.7 Å². The van der Waals surface area contributed by atoms with Crippen molar-refractivity contribution in [2.75, 3.05) is 37.6 Å². The molecule has 3 aromatic rings. The number of aromatic nitrogens is 2. The van der Waals surface area contributed by atoms with Gasteiger partial charge < -0.3 is 14.8 Å². The number of rotatable bonds is 4. The number of amides is 1. The molecule has 150 valence electrons. The number of fused-ring (bicyclic) bond motifs is 3. The van der Waals surface area contributed by atoms with Crippen LogP contribution < -0.4 is 10.2 Å². The van der Waals surface area contributed by atoms with Gasteiger partial charge in [0.15, 0.2) is 0 Å². The van der Waals surface area contributed by atoms with Crippen LogP contribution in [0.4, 0.5) is 5.69 Å². The quantitative estimate of drug-likeness (QED) is 0.743.